The van der Waals surface area contributed by atoms with Gasteiger partial charge in [0.25, 0.3) is 17.4 Å². The number of anilines is 1. The average molecular weight is 723 g/mol. The van der Waals surface area contributed by atoms with Crippen LogP contribution in [0.5, 0.6) is 5.75 Å². The number of thiazole rings is 1. The van der Waals surface area contributed by atoms with Crippen LogP contribution in [-0.2, 0) is 40.3 Å². The molecule has 0 radical (unpaired) electrons. The molecule has 0 spiro atoms. The number of hydrogen-bond acceptors (Lipinski definition) is 14. The molecule has 0 saturated carbocycles. The van der Waals surface area contributed by atoms with Gasteiger partial charge >= 0.3 is 16.4 Å². The molecule has 2 fully saturated rings. The van der Waals surface area contributed by atoms with Crippen molar-refractivity contribution in [2.45, 2.75) is 88.7 Å². The van der Waals surface area contributed by atoms with Gasteiger partial charge in [-0.1, -0.05) is 5.16 Å². The van der Waals surface area contributed by atoms with Crippen LogP contribution in [0.3, 0.4) is 0 Å². The molecule has 2 aromatic rings. The SMILES string of the molecule is C[C@@H]1C[C@H](NC(=N)c2ccc3c(c2)CC[C@H](C(C)(O/N=C(\C(=O)N[C@@H]2C(=O)N(OS(=O)(=O)O)C2(C)C)c2csc(N)n2)C(=O)O)O3)CCN1. The van der Waals surface area contributed by atoms with Gasteiger partial charge in [0.2, 0.25) is 0 Å². The van der Waals surface area contributed by atoms with Gasteiger partial charge in [0, 0.05) is 23.0 Å². The minimum absolute atomic E-state index is 0.0597. The Morgan fingerprint density at radius 3 is 2.65 bits per heavy atom. The number of aromatic nitrogens is 1. The number of ether oxygens (including phenoxy) is 1. The summed E-state index contributed by atoms with van der Waals surface area (Å²) < 4.78 is 41.8. The topological polar surface area (TPSA) is 268 Å². The molecule has 2 saturated heterocycles. The predicted molar refractivity (Wildman–Crippen MR) is 175 cm³/mol. The van der Waals surface area contributed by atoms with E-state index in [0.717, 1.165) is 36.3 Å². The maximum atomic E-state index is 13.5. The molecule has 18 nitrogen and oxygen atoms in total. The van der Waals surface area contributed by atoms with E-state index < -0.39 is 57.2 Å². The van der Waals surface area contributed by atoms with Crippen LogP contribution in [0.4, 0.5) is 5.13 Å². The molecular formula is C29H38N8O10S2. The van der Waals surface area contributed by atoms with E-state index in [2.05, 4.69) is 37.3 Å². The van der Waals surface area contributed by atoms with Crippen LogP contribution in [0.2, 0.25) is 0 Å². The molecule has 1 unspecified atom stereocenters. The van der Waals surface area contributed by atoms with Crippen molar-refractivity contribution in [2.24, 2.45) is 5.16 Å². The number of rotatable bonds is 11. The smallest absolute Gasteiger partial charge is 0.418 e. The maximum Gasteiger partial charge on any atom is 0.418 e. The van der Waals surface area contributed by atoms with Crippen LogP contribution in [0, 0.1) is 5.41 Å². The zero-order valence-corrected chi connectivity index (χ0v) is 28.7. The zero-order chi connectivity index (χ0) is 35.9. The van der Waals surface area contributed by atoms with Crippen molar-refractivity contribution in [3.63, 3.8) is 0 Å². The summed E-state index contributed by atoms with van der Waals surface area (Å²) in [5, 5.41) is 33.7. The van der Waals surface area contributed by atoms with Gasteiger partial charge in [-0.15, -0.1) is 15.6 Å². The molecule has 0 aliphatic carbocycles. The highest BCUT2D eigenvalue weighted by molar-refractivity contribution is 7.80. The molecule has 266 valence electrons. The van der Waals surface area contributed by atoms with E-state index in [1.54, 1.807) is 12.1 Å². The number of nitrogens with two attached hydrogens (primary N) is 1. The number of nitrogens with zero attached hydrogens (tertiary/aromatic N) is 3. The van der Waals surface area contributed by atoms with Crippen LogP contribution in [-0.4, -0.2) is 99.4 Å². The molecule has 1 aromatic carbocycles. The summed E-state index contributed by atoms with van der Waals surface area (Å²) in [7, 11) is -5.03. The Morgan fingerprint density at radius 2 is 2.04 bits per heavy atom. The van der Waals surface area contributed by atoms with Crippen molar-refractivity contribution in [3.05, 3.63) is 40.4 Å². The second-order valence-electron chi connectivity index (χ2n) is 12.8. The van der Waals surface area contributed by atoms with Crippen LogP contribution in [0.1, 0.15) is 63.8 Å². The number of amidine groups is 1. The van der Waals surface area contributed by atoms with Crippen LogP contribution in [0.25, 0.3) is 0 Å². The molecule has 0 bridgehead atoms. The lowest BCUT2D eigenvalue weighted by molar-refractivity contribution is -0.218. The van der Waals surface area contributed by atoms with Crippen molar-refractivity contribution in [1.82, 2.24) is 26.0 Å². The summed E-state index contributed by atoms with van der Waals surface area (Å²) in [5.41, 5.74) is 3.06. The van der Waals surface area contributed by atoms with Gasteiger partial charge in [0.05, 0.1) is 5.54 Å². The number of carboxylic acid groups (broad SMARTS) is 1. The molecule has 20 heteroatoms. The molecule has 2 amide bonds. The molecule has 3 aliphatic heterocycles. The Hall–Kier alpha value is -4.37. The second-order valence-corrected chi connectivity index (χ2v) is 14.7. The van der Waals surface area contributed by atoms with Crippen molar-refractivity contribution in [2.75, 3.05) is 12.3 Å². The Labute approximate surface area is 285 Å². The number of nitrogen functional groups attached to an aromatic ring is 1. The predicted octanol–water partition coefficient (Wildman–Crippen LogP) is 0.579. The van der Waals surface area contributed by atoms with Gasteiger partial charge in [-0.2, -0.15) is 13.5 Å². The maximum absolute atomic E-state index is 13.5. The summed E-state index contributed by atoms with van der Waals surface area (Å²) >= 11 is 0.966. The Kier molecular flexibility index (Phi) is 9.90. The number of carbonyl (C=O) groups is 3. The van der Waals surface area contributed by atoms with Crippen molar-refractivity contribution in [3.8, 4) is 5.75 Å². The molecule has 5 atom stereocenters. The monoisotopic (exact) mass is 722 g/mol. The third-order valence-electron chi connectivity index (χ3n) is 8.73. The summed E-state index contributed by atoms with van der Waals surface area (Å²) in [6.45, 7) is 6.96. The Balaban J connectivity index is 1.32. The third-order valence-corrected chi connectivity index (χ3v) is 9.74. The Bertz CT molecular complexity index is 1800. The van der Waals surface area contributed by atoms with Crippen molar-refractivity contribution >= 4 is 56.2 Å². The number of β-lactam (4-membered cyclic amide) rings is 1. The number of carboxylic acids is 1. The van der Waals surface area contributed by atoms with Gasteiger partial charge < -0.3 is 36.4 Å². The van der Waals surface area contributed by atoms with Gasteiger partial charge in [-0.3, -0.25) is 19.6 Å². The number of benzene rings is 1. The number of nitrogens with one attached hydrogen (secondary N) is 4. The highest BCUT2D eigenvalue weighted by Gasteiger charge is 2.58. The lowest BCUT2D eigenvalue weighted by Gasteiger charge is -2.50. The number of oxime groups is 1. The van der Waals surface area contributed by atoms with Crippen LogP contribution in [0.15, 0.2) is 28.7 Å². The molecule has 5 rings (SSSR count). The Morgan fingerprint density at radius 1 is 1.31 bits per heavy atom. The van der Waals surface area contributed by atoms with E-state index in [0.29, 0.717) is 28.8 Å². The first kappa shape index (κ1) is 35.9. The first-order chi connectivity index (χ1) is 22.9. The van der Waals surface area contributed by atoms with Crippen molar-refractivity contribution < 1.29 is 46.3 Å². The first-order valence-corrected chi connectivity index (χ1v) is 17.5. The van der Waals surface area contributed by atoms with Gasteiger partial charge in [-0.05, 0) is 83.7 Å². The highest BCUT2D eigenvalue weighted by Crippen LogP contribution is 2.35. The van der Waals surface area contributed by atoms with Gasteiger partial charge in [-0.25, -0.2) is 9.78 Å². The van der Waals surface area contributed by atoms with Gasteiger partial charge in [0.1, 0.15) is 23.3 Å². The van der Waals surface area contributed by atoms with Crippen LogP contribution >= 0.6 is 11.3 Å². The van der Waals surface area contributed by atoms with E-state index in [9.17, 15) is 27.9 Å². The lowest BCUT2D eigenvalue weighted by atomic mass is 9.84. The average Bonchev–Trinajstić information content (AvgIpc) is 3.46. The van der Waals surface area contributed by atoms with E-state index in [1.807, 2.05) is 6.07 Å². The zero-order valence-electron chi connectivity index (χ0n) is 27.1. The number of piperidine rings is 1. The van der Waals surface area contributed by atoms with E-state index >= 15 is 0 Å². The fraction of sp³-hybridized carbons (Fsp3) is 0.517. The summed E-state index contributed by atoms with van der Waals surface area (Å²) in [4.78, 5) is 48.3. The number of fused-ring (bicyclic) bond motifs is 1. The first-order valence-electron chi connectivity index (χ1n) is 15.3. The van der Waals surface area contributed by atoms with E-state index in [-0.39, 0.29) is 29.1 Å². The number of hydrogen-bond donors (Lipinski definition) is 7. The number of aryl methyl sites for hydroxylation is 1. The molecular weight excluding hydrogens is 684 g/mol. The highest BCUT2D eigenvalue weighted by atomic mass is 32.3. The minimum atomic E-state index is -5.03. The second kappa shape index (κ2) is 13.5. The summed E-state index contributed by atoms with van der Waals surface area (Å²) in [6, 6.07) is 4.43. The number of aliphatic carboxylic acids is 1. The molecule has 49 heavy (non-hydrogen) atoms. The summed E-state index contributed by atoms with van der Waals surface area (Å²) in [6.07, 6.45) is 1.33. The molecule has 3 aliphatic rings. The fourth-order valence-electron chi connectivity index (χ4n) is 5.88. The molecule has 4 heterocycles. The van der Waals surface area contributed by atoms with E-state index in [1.165, 1.54) is 26.2 Å². The summed E-state index contributed by atoms with van der Waals surface area (Å²) in [5.74, 6) is -2.75. The molecule has 8 N–H and O–H groups in total. The lowest BCUT2D eigenvalue weighted by Crippen LogP contribution is -2.76. The quantitative estimate of drug-likeness (QED) is 0.0550. The fourth-order valence-corrected chi connectivity index (χ4v) is 6.88. The van der Waals surface area contributed by atoms with E-state index in [4.69, 9.17) is 25.3 Å². The third kappa shape index (κ3) is 7.62. The normalized spacial score (nSPS) is 24.8. The minimum Gasteiger partial charge on any atom is -0.485 e. The largest absolute Gasteiger partial charge is 0.485 e. The van der Waals surface area contributed by atoms with Gasteiger partial charge in [0.15, 0.2) is 16.9 Å². The number of amides is 2. The standard InChI is InChI=1S/C29H38N8O10S2/c1-14-11-17(9-10-32-14)33-23(30)16-5-7-19-15(12-16)6-8-20(45-19)29(4,26(40)41)46-36-21(18-13-48-27(31)34-18)24(38)35-22-25(39)37(28(22,2)3)47-49(42,43)44/h5,7,12-14,17,20,22,32H,6,8-11H2,1-4H3,(H2,30,33)(H2,31,34)(H,35,38)(H,40,41)(H,42,43,44)/b36-21-/t14-,17-,20-,22-,29?/m1/s1. The number of carbonyl (C=O) groups excluding carboxylic acids is 2. The molecule has 1 aromatic heterocycles. The number of hydroxylamine groups is 2. The van der Waals surface area contributed by atoms with Crippen LogP contribution < -0.4 is 26.4 Å². The van der Waals surface area contributed by atoms with Crippen molar-refractivity contribution in [1.29, 1.82) is 5.41 Å².